The third kappa shape index (κ3) is 7.36. The van der Waals surface area contributed by atoms with Crippen molar-refractivity contribution >= 4 is 40.0 Å². The number of halogens is 1. The topological polar surface area (TPSA) is 83.0 Å². The summed E-state index contributed by atoms with van der Waals surface area (Å²) in [6, 6.07) is 15.0. The molecule has 1 heterocycles. The van der Waals surface area contributed by atoms with Crippen LogP contribution in [0.5, 0.6) is 5.75 Å². The molecule has 0 aromatic heterocycles. The van der Waals surface area contributed by atoms with Crippen LogP contribution in [-0.4, -0.2) is 52.0 Å². The summed E-state index contributed by atoms with van der Waals surface area (Å²) in [7, 11) is -1.66. The van der Waals surface area contributed by atoms with E-state index in [4.69, 9.17) is 4.74 Å². The van der Waals surface area contributed by atoms with Crippen molar-refractivity contribution in [3.05, 3.63) is 59.7 Å². The number of aliphatic imine (C=N–C) groups is 1. The molecule has 2 aromatic carbocycles. The minimum absolute atomic E-state index is 0. The Hall–Kier alpha value is -1.85. The molecule has 0 atom stereocenters. The van der Waals surface area contributed by atoms with Crippen LogP contribution in [0, 0.1) is 6.92 Å². The van der Waals surface area contributed by atoms with Crippen LogP contribution < -0.4 is 15.4 Å². The quantitative estimate of drug-likeness (QED) is 0.225. The zero-order chi connectivity index (χ0) is 21.4. The summed E-state index contributed by atoms with van der Waals surface area (Å²) in [5.74, 6) is 1.51. The van der Waals surface area contributed by atoms with Crippen LogP contribution in [0.4, 0.5) is 0 Å². The molecule has 0 radical (unpaired) electrons. The molecule has 0 aliphatic carbocycles. The van der Waals surface area contributed by atoms with E-state index in [0.717, 1.165) is 24.2 Å². The van der Waals surface area contributed by atoms with Crippen LogP contribution in [0.3, 0.4) is 0 Å². The van der Waals surface area contributed by atoms with Crippen molar-refractivity contribution < 1.29 is 13.2 Å². The van der Waals surface area contributed by atoms with Gasteiger partial charge in [0.1, 0.15) is 12.4 Å². The molecule has 0 unspecified atom stereocenters. The average molecular weight is 558 g/mol. The Balaban J connectivity index is 0.00000341. The number of rotatable bonds is 8. The number of ether oxygens (including phenoxy) is 1. The summed E-state index contributed by atoms with van der Waals surface area (Å²) in [6.45, 7) is 4.94. The smallest absolute Gasteiger partial charge is 0.243 e. The van der Waals surface area contributed by atoms with Crippen molar-refractivity contribution in [2.45, 2.75) is 31.2 Å². The largest absolute Gasteiger partial charge is 0.492 e. The molecule has 3 rings (SSSR count). The van der Waals surface area contributed by atoms with E-state index < -0.39 is 10.0 Å². The first-order valence-corrected chi connectivity index (χ1v) is 11.7. The number of sulfonamides is 1. The predicted octanol–water partition coefficient (Wildman–Crippen LogP) is 3.14. The Labute approximate surface area is 202 Å². The second kappa shape index (κ2) is 12.3. The Kier molecular flexibility index (Phi) is 10.0. The molecule has 1 aliphatic heterocycles. The van der Waals surface area contributed by atoms with Gasteiger partial charge in [-0.3, -0.25) is 4.99 Å². The van der Waals surface area contributed by atoms with Gasteiger partial charge in [0.15, 0.2) is 5.96 Å². The van der Waals surface area contributed by atoms with Gasteiger partial charge in [-0.05, 0) is 49.6 Å². The molecule has 2 N–H and O–H groups in total. The molecule has 1 aliphatic rings. The zero-order valence-corrected chi connectivity index (χ0v) is 21.2. The third-order valence-corrected chi connectivity index (χ3v) is 6.91. The average Bonchev–Trinajstić information content (AvgIpc) is 3.31. The summed E-state index contributed by atoms with van der Waals surface area (Å²) in [5.41, 5.74) is 2.18. The molecule has 1 saturated heterocycles. The highest BCUT2D eigenvalue weighted by Crippen LogP contribution is 2.21. The number of benzene rings is 2. The second-order valence-corrected chi connectivity index (χ2v) is 9.21. The van der Waals surface area contributed by atoms with Crippen molar-refractivity contribution in [2.75, 3.05) is 33.3 Å². The van der Waals surface area contributed by atoms with Gasteiger partial charge in [-0.1, -0.05) is 29.8 Å². The van der Waals surface area contributed by atoms with Crippen LogP contribution in [0.2, 0.25) is 0 Å². The lowest BCUT2D eigenvalue weighted by Gasteiger charge is -2.16. The Morgan fingerprint density at radius 2 is 1.68 bits per heavy atom. The highest BCUT2D eigenvalue weighted by molar-refractivity contribution is 14.0. The van der Waals surface area contributed by atoms with E-state index in [0.29, 0.717) is 43.6 Å². The predicted molar refractivity (Wildman–Crippen MR) is 135 cm³/mol. The Morgan fingerprint density at radius 3 is 2.29 bits per heavy atom. The fraction of sp³-hybridized carbons (Fsp3) is 0.409. The maximum absolute atomic E-state index is 12.6. The number of nitrogens with zero attached hydrogens (tertiary/aromatic N) is 2. The lowest BCUT2D eigenvalue weighted by molar-refractivity contribution is 0.322. The van der Waals surface area contributed by atoms with Crippen molar-refractivity contribution in [3.8, 4) is 5.75 Å². The molecule has 2 aromatic rings. The maximum atomic E-state index is 12.6. The highest BCUT2D eigenvalue weighted by Gasteiger charge is 2.26. The Morgan fingerprint density at radius 1 is 1.03 bits per heavy atom. The van der Waals surface area contributed by atoms with Gasteiger partial charge >= 0.3 is 0 Å². The molecule has 7 nitrogen and oxygen atoms in total. The van der Waals surface area contributed by atoms with Crippen LogP contribution >= 0.6 is 24.0 Å². The molecule has 0 spiro atoms. The molecular formula is C22H31IN4O3S. The number of hydrogen-bond donors (Lipinski definition) is 2. The van der Waals surface area contributed by atoms with Gasteiger partial charge in [0, 0.05) is 26.7 Å². The molecular weight excluding hydrogens is 527 g/mol. The summed E-state index contributed by atoms with van der Waals surface area (Å²) in [5, 5.41) is 6.43. The van der Waals surface area contributed by atoms with Crippen LogP contribution in [0.25, 0.3) is 0 Å². The monoisotopic (exact) mass is 558 g/mol. The normalized spacial score (nSPS) is 14.7. The number of nitrogens with one attached hydrogen (secondary N) is 2. The number of hydrogen-bond acceptors (Lipinski definition) is 4. The maximum Gasteiger partial charge on any atom is 0.243 e. The van der Waals surface area contributed by atoms with E-state index in [9.17, 15) is 8.42 Å². The SMILES string of the molecule is CN=C(NCCOc1ccc(C)cc1)NCc1ccc(S(=O)(=O)N2CCCC2)cc1.I. The van der Waals surface area contributed by atoms with E-state index >= 15 is 0 Å². The molecule has 0 amide bonds. The molecule has 9 heteroatoms. The van der Waals surface area contributed by atoms with E-state index in [1.807, 2.05) is 43.3 Å². The first-order valence-electron chi connectivity index (χ1n) is 10.2. The molecule has 31 heavy (non-hydrogen) atoms. The Bertz CT molecular complexity index is 942. The number of guanidine groups is 1. The summed E-state index contributed by atoms with van der Waals surface area (Å²) < 4.78 is 32.4. The molecule has 0 saturated carbocycles. The lowest BCUT2D eigenvalue weighted by atomic mass is 10.2. The minimum Gasteiger partial charge on any atom is -0.492 e. The first-order chi connectivity index (χ1) is 14.5. The van der Waals surface area contributed by atoms with Crippen LogP contribution in [0.1, 0.15) is 24.0 Å². The van der Waals surface area contributed by atoms with Crippen molar-refractivity contribution in [1.29, 1.82) is 0 Å². The van der Waals surface area contributed by atoms with Crippen LogP contribution in [-0.2, 0) is 16.6 Å². The highest BCUT2D eigenvalue weighted by atomic mass is 127. The number of aryl methyl sites for hydroxylation is 1. The fourth-order valence-electron chi connectivity index (χ4n) is 3.24. The van der Waals surface area contributed by atoms with Gasteiger partial charge in [-0.2, -0.15) is 4.31 Å². The van der Waals surface area contributed by atoms with E-state index in [1.54, 1.807) is 23.5 Å². The van der Waals surface area contributed by atoms with Crippen molar-refractivity contribution in [1.82, 2.24) is 14.9 Å². The van der Waals surface area contributed by atoms with E-state index in [2.05, 4.69) is 15.6 Å². The summed E-state index contributed by atoms with van der Waals surface area (Å²) in [6.07, 6.45) is 1.87. The summed E-state index contributed by atoms with van der Waals surface area (Å²) >= 11 is 0. The summed E-state index contributed by atoms with van der Waals surface area (Å²) in [4.78, 5) is 4.56. The van der Waals surface area contributed by atoms with Crippen molar-refractivity contribution in [2.24, 2.45) is 4.99 Å². The van der Waals surface area contributed by atoms with Crippen molar-refractivity contribution in [3.63, 3.8) is 0 Å². The van der Waals surface area contributed by atoms with Gasteiger partial charge in [0.2, 0.25) is 10.0 Å². The van der Waals surface area contributed by atoms with Gasteiger partial charge in [0.25, 0.3) is 0 Å². The zero-order valence-electron chi connectivity index (χ0n) is 18.0. The molecule has 170 valence electrons. The van der Waals surface area contributed by atoms with E-state index in [-0.39, 0.29) is 24.0 Å². The van der Waals surface area contributed by atoms with Gasteiger partial charge < -0.3 is 15.4 Å². The third-order valence-electron chi connectivity index (χ3n) is 4.99. The minimum atomic E-state index is -3.37. The molecule has 1 fully saturated rings. The molecule has 0 bridgehead atoms. The van der Waals surface area contributed by atoms with Gasteiger partial charge in [0.05, 0.1) is 11.4 Å². The van der Waals surface area contributed by atoms with E-state index in [1.165, 1.54) is 5.56 Å². The lowest BCUT2D eigenvalue weighted by Crippen LogP contribution is -2.38. The second-order valence-electron chi connectivity index (χ2n) is 7.27. The fourth-order valence-corrected chi connectivity index (χ4v) is 4.75. The van der Waals surface area contributed by atoms with Gasteiger partial charge in [-0.25, -0.2) is 8.42 Å². The first kappa shape index (κ1) is 25.4. The van der Waals surface area contributed by atoms with Crippen LogP contribution in [0.15, 0.2) is 58.4 Å². The van der Waals surface area contributed by atoms with Gasteiger partial charge in [-0.15, -0.1) is 24.0 Å². The standard InChI is InChI=1S/C22H30N4O3S.HI/c1-18-5-9-20(10-6-18)29-16-13-24-22(23-2)25-17-19-7-11-21(12-8-19)30(27,28)26-14-3-4-15-26;/h5-12H,3-4,13-17H2,1-2H3,(H2,23,24,25);1H.